The van der Waals surface area contributed by atoms with Crippen LogP contribution in [0.2, 0.25) is 0 Å². The predicted molar refractivity (Wildman–Crippen MR) is 199 cm³/mol. The standard InChI is InChI=1S/C42H67NO10/c1-11-26-13-12-14-35(53-37-16-15-34(43(6)7)24(4)49-37)23(3)38(45)33-20-31-29(32(33)21-36(44)51-26)17-22(2)28-18-27(19-30(28)31)52-42-41(48-10)40(47-9)39(46-8)25(5)50-42/h17,20,23-32,34-35,37,39-42H,11-16,18-19,21H2,1-10H3/t23-,24-,25+,26+,27-,28+,29-,30-,31-,32+,34+,35+,37+,39+,40-,41-,42?/m1/s1. The first-order valence-corrected chi connectivity index (χ1v) is 20.4. The lowest BCUT2D eigenvalue weighted by Crippen LogP contribution is -2.59. The summed E-state index contributed by atoms with van der Waals surface area (Å²) >= 11 is 0. The Morgan fingerprint density at radius 3 is 2.21 bits per heavy atom. The molecular formula is C42H67NO10. The van der Waals surface area contributed by atoms with Crippen LogP contribution < -0.4 is 0 Å². The van der Waals surface area contributed by atoms with Crippen molar-refractivity contribution in [3.05, 3.63) is 23.3 Å². The third-order valence-electron chi connectivity index (χ3n) is 13.7. The largest absolute Gasteiger partial charge is 0.462 e. The molecule has 0 aromatic heterocycles. The number of ether oxygens (including phenoxy) is 8. The fourth-order valence-corrected chi connectivity index (χ4v) is 10.8. The second-order valence-corrected chi connectivity index (χ2v) is 17.0. The van der Waals surface area contributed by atoms with Crippen molar-refractivity contribution < 1.29 is 47.5 Å². The first-order valence-electron chi connectivity index (χ1n) is 20.4. The SMILES string of the molecule is CC[C@H]1CCC[C@H](O[C@H]2CC[C@H](N(C)C)[C@@H](C)O2)[C@@H](C)C(=O)C2=C[C@@H]3[C@@H](C=C(C)[C@@H]4C[C@@H](OC5O[C@@H](C)[C@H](OC)[C@@H](OC)[C@H]5OC)C[C@@H]34)[C@@H]2CC(=O)O1. The van der Waals surface area contributed by atoms with E-state index in [9.17, 15) is 9.59 Å². The summed E-state index contributed by atoms with van der Waals surface area (Å²) in [5.41, 5.74) is 2.07. The Balaban J connectivity index is 1.23. The van der Waals surface area contributed by atoms with Gasteiger partial charge in [-0.15, -0.1) is 0 Å². The average Bonchev–Trinajstić information content (AvgIpc) is 3.71. The highest BCUT2D eigenvalue weighted by atomic mass is 16.7. The van der Waals surface area contributed by atoms with Crippen molar-refractivity contribution >= 4 is 11.8 Å². The average molecular weight is 746 g/mol. The number of hydrogen-bond acceptors (Lipinski definition) is 11. The molecule has 0 amide bonds. The van der Waals surface area contributed by atoms with Crippen LogP contribution in [0.5, 0.6) is 0 Å². The summed E-state index contributed by atoms with van der Waals surface area (Å²) in [6.45, 7) is 10.4. The van der Waals surface area contributed by atoms with Gasteiger partial charge in [-0.3, -0.25) is 9.59 Å². The van der Waals surface area contributed by atoms with Crippen LogP contribution in [-0.2, 0) is 47.5 Å². The molecule has 300 valence electrons. The number of methoxy groups -OCH3 is 3. The van der Waals surface area contributed by atoms with Gasteiger partial charge in [-0.1, -0.05) is 31.6 Å². The minimum absolute atomic E-state index is 0.0364. The van der Waals surface area contributed by atoms with Crippen LogP contribution in [0.3, 0.4) is 0 Å². The third-order valence-corrected chi connectivity index (χ3v) is 13.7. The first-order chi connectivity index (χ1) is 25.4. The Hall–Kier alpha value is -1.70. The molecule has 11 heteroatoms. The maximum Gasteiger partial charge on any atom is 0.306 e. The molecule has 0 aromatic carbocycles. The summed E-state index contributed by atoms with van der Waals surface area (Å²) in [5, 5.41) is 0. The smallest absolute Gasteiger partial charge is 0.306 e. The third kappa shape index (κ3) is 8.53. The molecule has 11 nitrogen and oxygen atoms in total. The first kappa shape index (κ1) is 40.9. The predicted octanol–water partition coefficient (Wildman–Crippen LogP) is 5.88. The van der Waals surface area contributed by atoms with E-state index in [1.165, 1.54) is 5.57 Å². The molecular weight excluding hydrogens is 678 g/mol. The summed E-state index contributed by atoms with van der Waals surface area (Å²) in [7, 11) is 9.16. The molecule has 53 heavy (non-hydrogen) atoms. The number of nitrogens with zero attached hydrogens (tertiary/aromatic N) is 1. The van der Waals surface area contributed by atoms with Crippen LogP contribution in [0.25, 0.3) is 0 Å². The van der Waals surface area contributed by atoms with Gasteiger partial charge in [-0.25, -0.2) is 0 Å². The number of rotatable bonds is 9. The van der Waals surface area contributed by atoms with E-state index in [1.807, 2.05) is 13.8 Å². The summed E-state index contributed by atoms with van der Waals surface area (Å²) in [6, 6.07) is 0.337. The van der Waals surface area contributed by atoms with E-state index >= 15 is 0 Å². The number of likely N-dealkylation sites (N-methyl/N-ethyl adjacent to an activating group) is 1. The highest BCUT2D eigenvalue weighted by Gasteiger charge is 2.53. The van der Waals surface area contributed by atoms with Gasteiger partial charge < -0.3 is 42.8 Å². The molecule has 6 rings (SSSR count). The van der Waals surface area contributed by atoms with Crippen LogP contribution in [0.4, 0.5) is 0 Å². The Kier molecular flexibility index (Phi) is 13.6. The Morgan fingerprint density at radius 2 is 1.55 bits per heavy atom. The van der Waals surface area contributed by atoms with Gasteiger partial charge in [-0.05, 0) is 115 Å². The molecule has 0 N–H and O–H groups in total. The van der Waals surface area contributed by atoms with Gasteiger partial charge in [0.25, 0.3) is 0 Å². The van der Waals surface area contributed by atoms with Gasteiger partial charge in [0, 0.05) is 39.2 Å². The second-order valence-electron chi connectivity index (χ2n) is 17.0. The number of carbonyl (C=O) groups excluding carboxylic acids is 2. The number of hydrogen-bond donors (Lipinski definition) is 0. The van der Waals surface area contributed by atoms with Crippen molar-refractivity contribution in [3.63, 3.8) is 0 Å². The number of ketones is 1. The molecule has 0 radical (unpaired) electrons. The highest BCUT2D eigenvalue weighted by molar-refractivity contribution is 5.99. The Labute approximate surface area is 317 Å². The van der Waals surface area contributed by atoms with E-state index in [0.29, 0.717) is 18.4 Å². The summed E-state index contributed by atoms with van der Waals surface area (Å²) < 4.78 is 49.8. The monoisotopic (exact) mass is 745 g/mol. The molecule has 1 saturated carbocycles. The van der Waals surface area contributed by atoms with Crippen molar-refractivity contribution in [1.82, 2.24) is 4.90 Å². The normalized spacial score (nSPS) is 45.3. The zero-order valence-electron chi connectivity index (χ0n) is 33.9. The van der Waals surface area contributed by atoms with Gasteiger partial charge in [-0.2, -0.15) is 0 Å². The van der Waals surface area contributed by atoms with Crippen LogP contribution in [-0.4, -0.2) is 120 Å². The molecule has 3 aliphatic heterocycles. The van der Waals surface area contributed by atoms with Crippen molar-refractivity contribution in [2.45, 2.75) is 160 Å². The zero-order chi connectivity index (χ0) is 38.1. The van der Waals surface area contributed by atoms with E-state index < -0.39 is 12.4 Å². The van der Waals surface area contributed by atoms with Crippen molar-refractivity contribution in [2.75, 3.05) is 35.4 Å². The van der Waals surface area contributed by atoms with E-state index in [4.69, 9.17) is 37.9 Å². The summed E-state index contributed by atoms with van der Waals surface area (Å²) in [5.74, 6) is 0.00947. The molecule has 0 spiro atoms. The maximum atomic E-state index is 14.7. The summed E-state index contributed by atoms with van der Waals surface area (Å²) in [4.78, 5) is 30.5. The van der Waals surface area contributed by atoms with Gasteiger partial charge in [0.2, 0.25) is 0 Å². The number of cyclic esters (lactones) is 1. The van der Waals surface area contributed by atoms with Crippen LogP contribution in [0.15, 0.2) is 23.3 Å². The van der Waals surface area contributed by atoms with Crippen molar-refractivity contribution in [1.29, 1.82) is 0 Å². The number of carbonyl (C=O) groups is 2. The van der Waals surface area contributed by atoms with Crippen molar-refractivity contribution in [2.24, 2.45) is 35.5 Å². The molecule has 17 atom stereocenters. The van der Waals surface area contributed by atoms with Gasteiger partial charge >= 0.3 is 5.97 Å². The number of Topliss-reactive ketones (excluding diaryl/α,β-unsaturated/α-hetero) is 1. The maximum absolute atomic E-state index is 14.7. The lowest BCUT2D eigenvalue weighted by Gasteiger charge is -2.44. The minimum Gasteiger partial charge on any atom is -0.462 e. The van der Waals surface area contributed by atoms with Gasteiger partial charge in [0.1, 0.15) is 24.4 Å². The molecule has 3 aliphatic carbocycles. The molecule has 0 aromatic rings. The van der Waals surface area contributed by atoms with Crippen LogP contribution >= 0.6 is 0 Å². The lowest BCUT2D eigenvalue weighted by atomic mass is 9.67. The molecule has 3 heterocycles. The number of esters is 1. The van der Waals surface area contributed by atoms with E-state index in [0.717, 1.165) is 50.5 Å². The fourth-order valence-electron chi connectivity index (χ4n) is 10.8. The molecule has 3 saturated heterocycles. The van der Waals surface area contributed by atoms with Crippen LogP contribution in [0, 0.1) is 35.5 Å². The fraction of sp³-hybridized carbons (Fsp3) is 0.857. The van der Waals surface area contributed by atoms with Crippen LogP contribution in [0.1, 0.15) is 92.4 Å². The lowest BCUT2D eigenvalue weighted by molar-refractivity contribution is -0.314. The Bertz CT molecular complexity index is 1330. The van der Waals surface area contributed by atoms with Gasteiger partial charge in [0.15, 0.2) is 18.4 Å². The molecule has 0 bridgehead atoms. The minimum atomic E-state index is -0.598. The Morgan fingerprint density at radius 1 is 0.811 bits per heavy atom. The van der Waals surface area contributed by atoms with E-state index in [1.54, 1.807) is 21.3 Å². The topological polar surface area (TPSA) is 111 Å². The van der Waals surface area contributed by atoms with E-state index in [2.05, 4.69) is 51.9 Å². The van der Waals surface area contributed by atoms with Crippen molar-refractivity contribution in [3.8, 4) is 0 Å². The number of allylic oxidation sites excluding steroid dienone is 4. The highest BCUT2D eigenvalue weighted by Crippen LogP contribution is 2.56. The quantitative estimate of drug-likeness (QED) is 0.209. The van der Waals surface area contributed by atoms with Gasteiger partial charge in [0.05, 0.1) is 30.8 Å². The van der Waals surface area contributed by atoms with E-state index in [-0.39, 0.29) is 96.8 Å². The summed E-state index contributed by atoms with van der Waals surface area (Å²) in [6.07, 6.45) is 8.58. The number of fused-ring (bicyclic) bond motifs is 5. The molecule has 1 unspecified atom stereocenters. The second kappa shape index (κ2) is 17.6. The molecule has 4 fully saturated rings. The zero-order valence-corrected chi connectivity index (χ0v) is 33.9. The molecule has 6 aliphatic rings.